The van der Waals surface area contributed by atoms with Crippen LogP contribution in [0.2, 0.25) is 0 Å². The van der Waals surface area contributed by atoms with Crippen LogP contribution in [0.25, 0.3) is 10.9 Å². The molecule has 164 valence electrons. The lowest BCUT2D eigenvalue weighted by Gasteiger charge is -2.24. The Bertz CT molecular complexity index is 1030. The highest BCUT2D eigenvalue weighted by Gasteiger charge is 2.26. The maximum absolute atomic E-state index is 5.61. The molecule has 0 amide bonds. The van der Waals surface area contributed by atoms with Crippen molar-refractivity contribution in [2.24, 2.45) is 5.92 Å². The fourth-order valence-electron chi connectivity index (χ4n) is 4.48. The van der Waals surface area contributed by atoms with Crippen LogP contribution in [-0.4, -0.2) is 62.9 Å². The van der Waals surface area contributed by atoms with Crippen molar-refractivity contribution in [2.45, 2.75) is 13.0 Å². The second-order valence-electron chi connectivity index (χ2n) is 7.99. The predicted octanol–water partition coefficient (Wildman–Crippen LogP) is 3.61. The minimum absolute atomic E-state index is 0.539. The maximum Gasteiger partial charge on any atom is 0.205 e. The third-order valence-electron chi connectivity index (χ3n) is 5.92. The molecule has 1 atom stereocenters. The van der Waals surface area contributed by atoms with Crippen LogP contribution in [0.15, 0.2) is 42.7 Å². The number of aromatic nitrogens is 2. The number of rotatable bonds is 8. The summed E-state index contributed by atoms with van der Waals surface area (Å²) in [7, 11) is 6.92. The van der Waals surface area contributed by atoms with E-state index in [4.69, 9.17) is 14.2 Å². The van der Waals surface area contributed by atoms with Gasteiger partial charge in [0.05, 0.1) is 26.7 Å². The molecule has 2 aromatic carbocycles. The molecule has 7 heteroatoms. The predicted molar refractivity (Wildman–Crippen MR) is 122 cm³/mol. The van der Waals surface area contributed by atoms with Gasteiger partial charge in [-0.2, -0.15) is 0 Å². The minimum Gasteiger partial charge on any atom is -0.493 e. The van der Waals surface area contributed by atoms with Crippen LogP contribution in [0.5, 0.6) is 17.2 Å². The average Bonchev–Trinajstić information content (AvgIpc) is 3.24. The molecule has 1 saturated heterocycles. The quantitative estimate of drug-likeness (QED) is 0.550. The van der Waals surface area contributed by atoms with Gasteiger partial charge in [-0.05, 0) is 30.5 Å². The molecule has 0 N–H and O–H groups in total. The highest BCUT2D eigenvalue weighted by molar-refractivity contribution is 5.96. The second kappa shape index (κ2) is 9.39. The number of benzene rings is 2. The van der Waals surface area contributed by atoms with Crippen LogP contribution in [0.4, 0.5) is 5.82 Å². The Balaban J connectivity index is 1.53. The SMILES string of the molecule is COc1cc2c(N(C)CC3CCN(Cc4ccccc4)C3)ncnc2c(OC)c1OC. The van der Waals surface area contributed by atoms with E-state index in [2.05, 4.69) is 57.1 Å². The molecule has 1 unspecified atom stereocenters. The molecular weight excluding hydrogens is 392 g/mol. The number of likely N-dealkylation sites (tertiary alicyclic amines) is 1. The number of hydrogen-bond donors (Lipinski definition) is 0. The topological polar surface area (TPSA) is 60.0 Å². The Kier molecular flexibility index (Phi) is 6.42. The van der Waals surface area contributed by atoms with E-state index in [9.17, 15) is 0 Å². The normalized spacial score (nSPS) is 16.5. The Hall–Kier alpha value is -3.06. The summed E-state index contributed by atoms with van der Waals surface area (Å²) in [6.07, 6.45) is 2.76. The van der Waals surface area contributed by atoms with E-state index in [-0.39, 0.29) is 0 Å². The van der Waals surface area contributed by atoms with Gasteiger partial charge in [0, 0.05) is 26.7 Å². The van der Waals surface area contributed by atoms with Crippen molar-refractivity contribution in [2.75, 3.05) is 52.9 Å². The van der Waals surface area contributed by atoms with Crippen LogP contribution in [-0.2, 0) is 6.54 Å². The van der Waals surface area contributed by atoms with Gasteiger partial charge in [-0.15, -0.1) is 0 Å². The lowest BCUT2D eigenvalue weighted by molar-refractivity contribution is 0.317. The number of anilines is 1. The van der Waals surface area contributed by atoms with Crippen LogP contribution < -0.4 is 19.1 Å². The lowest BCUT2D eigenvalue weighted by Crippen LogP contribution is -2.28. The third kappa shape index (κ3) is 4.37. The summed E-state index contributed by atoms with van der Waals surface area (Å²) < 4.78 is 16.7. The minimum atomic E-state index is 0.539. The first kappa shape index (κ1) is 21.2. The Morgan fingerprint density at radius 2 is 1.81 bits per heavy atom. The first-order valence-corrected chi connectivity index (χ1v) is 10.6. The van der Waals surface area contributed by atoms with Crippen molar-refractivity contribution in [3.63, 3.8) is 0 Å². The summed E-state index contributed by atoms with van der Waals surface area (Å²) in [5, 5.41) is 0.888. The van der Waals surface area contributed by atoms with Gasteiger partial charge in [0.25, 0.3) is 0 Å². The van der Waals surface area contributed by atoms with E-state index in [0.29, 0.717) is 28.7 Å². The molecule has 1 fully saturated rings. The number of methoxy groups -OCH3 is 3. The summed E-state index contributed by atoms with van der Waals surface area (Å²) in [5.74, 6) is 3.15. The highest BCUT2D eigenvalue weighted by Crippen LogP contribution is 2.44. The van der Waals surface area contributed by atoms with Gasteiger partial charge < -0.3 is 19.1 Å². The number of ether oxygens (including phenoxy) is 3. The summed E-state index contributed by atoms with van der Waals surface area (Å²) in [6, 6.07) is 12.6. The second-order valence-corrected chi connectivity index (χ2v) is 7.99. The summed E-state index contributed by atoms with van der Waals surface area (Å²) >= 11 is 0. The fraction of sp³-hybridized carbons (Fsp3) is 0.417. The Labute approximate surface area is 183 Å². The maximum atomic E-state index is 5.61. The van der Waals surface area contributed by atoms with Gasteiger partial charge in [0.2, 0.25) is 5.75 Å². The van der Waals surface area contributed by atoms with Gasteiger partial charge in [-0.3, -0.25) is 4.90 Å². The molecule has 3 aromatic rings. The molecule has 1 aliphatic rings. The van der Waals surface area contributed by atoms with E-state index in [1.165, 1.54) is 12.0 Å². The van der Waals surface area contributed by atoms with Gasteiger partial charge in [-0.25, -0.2) is 9.97 Å². The standard InChI is InChI=1S/C24H30N4O3/c1-27(13-18-10-11-28(15-18)14-17-8-6-5-7-9-17)24-19-12-20(29-2)22(30-3)23(31-4)21(19)25-16-26-24/h5-9,12,16,18H,10-11,13-15H2,1-4H3. The summed E-state index contributed by atoms with van der Waals surface area (Å²) in [5.41, 5.74) is 2.08. The highest BCUT2D eigenvalue weighted by atomic mass is 16.5. The van der Waals surface area contributed by atoms with Crippen LogP contribution >= 0.6 is 0 Å². The zero-order valence-electron chi connectivity index (χ0n) is 18.7. The molecule has 2 heterocycles. The number of hydrogen-bond acceptors (Lipinski definition) is 7. The first-order chi connectivity index (χ1) is 15.1. The van der Waals surface area contributed by atoms with E-state index in [1.54, 1.807) is 27.7 Å². The Morgan fingerprint density at radius 3 is 2.52 bits per heavy atom. The van der Waals surface area contributed by atoms with Crippen molar-refractivity contribution >= 4 is 16.7 Å². The molecule has 0 radical (unpaired) electrons. The third-order valence-corrected chi connectivity index (χ3v) is 5.92. The van der Waals surface area contributed by atoms with E-state index >= 15 is 0 Å². The zero-order valence-corrected chi connectivity index (χ0v) is 18.7. The van der Waals surface area contributed by atoms with Crippen molar-refractivity contribution < 1.29 is 14.2 Å². The fourth-order valence-corrected chi connectivity index (χ4v) is 4.48. The molecular formula is C24H30N4O3. The summed E-state index contributed by atoms with van der Waals surface area (Å²) in [4.78, 5) is 13.8. The largest absolute Gasteiger partial charge is 0.493 e. The first-order valence-electron chi connectivity index (χ1n) is 10.6. The van der Waals surface area contributed by atoms with Crippen molar-refractivity contribution in [1.29, 1.82) is 0 Å². The lowest BCUT2D eigenvalue weighted by atomic mass is 10.1. The monoisotopic (exact) mass is 422 g/mol. The van der Waals surface area contributed by atoms with E-state index in [1.807, 2.05) is 6.07 Å². The molecule has 0 spiro atoms. The van der Waals surface area contributed by atoms with Gasteiger partial charge in [-0.1, -0.05) is 30.3 Å². The molecule has 1 aliphatic heterocycles. The van der Waals surface area contributed by atoms with Crippen LogP contribution in [0, 0.1) is 5.92 Å². The van der Waals surface area contributed by atoms with E-state index in [0.717, 1.165) is 37.4 Å². The molecule has 1 aromatic heterocycles. The van der Waals surface area contributed by atoms with Crippen molar-refractivity contribution in [1.82, 2.24) is 14.9 Å². The van der Waals surface area contributed by atoms with Gasteiger partial charge in [0.15, 0.2) is 11.5 Å². The number of fused-ring (bicyclic) bond motifs is 1. The molecule has 0 aliphatic carbocycles. The molecule has 4 rings (SSSR count). The molecule has 0 bridgehead atoms. The number of nitrogens with zero attached hydrogens (tertiary/aromatic N) is 4. The Morgan fingerprint density at radius 1 is 1.03 bits per heavy atom. The van der Waals surface area contributed by atoms with Crippen LogP contribution in [0.3, 0.4) is 0 Å². The van der Waals surface area contributed by atoms with Crippen molar-refractivity contribution in [3.8, 4) is 17.2 Å². The zero-order chi connectivity index (χ0) is 21.8. The molecule has 7 nitrogen and oxygen atoms in total. The van der Waals surface area contributed by atoms with E-state index < -0.39 is 0 Å². The average molecular weight is 423 g/mol. The van der Waals surface area contributed by atoms with Crippen LogP contribution in [0.1, 0.15) is 12.0 Å². The van der Waals surface area contributed by atoms with Crippen molar-refractivity contribution in [3.05, 3.63) is 48.3 Å². The summed E-state index contributed by atoms with van der Waals surface area (Å²) in [6.45, 7) is 4.14. The smallest absolute Gasteiger partial charge is 0.205 e. The van der Waals surface area contributed by atoms with Gasteiger partial charge >= 0.3 is 0 Å². The molecule has 0 saturated carbocycles. The van der Waals surface area contributed by atoms with Gasteiger partial charge in [0.1, 0.15) is 17.7 Å². The molecule has 31 heavy (non-hydrogen) atoms.